The average Bonchev–Trinajstić information content (AvgIpc) is 3.50. The van der Waals surface area contributed by atoms with Crippen LogP contribution in [0.15, 0.2) is 84.3 Å². The average molecular weight is 690 g/mol. The van der Waals surface area contributed by atoms with Gasteiger partial charge in [0.05, 0.1) is 16.7 Å². The first-order chi connectivity index (χ1) is 21.3. The Labute approximate surface area is 272 Å². The highest BCUT2D eigenvalue weighted by Gasteiger charge is 2.29. The lowest BCUT2D eigenvalue weighted by atomic mass is 10.0. The van der Waals surface area contributed by atoms with E-state index in [1.165, 1.54) is 18.3 Å². The molecule has 0 amide bonds. The van der Waals surface area contributed by atoms with Crippen molar-refractivity contribution in [2.75, 3.05) is 17.2 Å². The third-order valence-electron chi connectivity index (χ3n) is 7.61. The van der Waals surface area contributed by atoms with Crippen LogP contribution in [-0.2, 0) is 26.8 Å². The largest absolute Gasteiger partial charge is 0.439 e. The van der Waals surface area contributed by atoms with Crippen molar-refractivity contribution >= 4 is 65.2 Å². The molecule has 9 nitrogen and oxygen atoms in total. The van der Waals surface area contributed by atoms with Crippen LogP contribution in [-0.4, -0.2) is 43.5 Å². The Morgan fingerprint density at radius 3 is 2.49 bits per heavy atom. The molecule has 2 N–H and O–H groups in total. The minimum atomic E-state index is -4.21. The number of hydrogen-bond acceptors (Lipinski definition) is 7. The van der Waals surface area contributed by atoms with Gasteiger partial charge in [0.15, 0.2) is 12.3 Å². The molecule has 0 aliphatic carbocycles. The highest BCUT2D eigenvalue weighted by atomic mass is 35.5. The number of aryl methyl sites for hydroxylation is 1. The van der Waals surface area contributed by atoms with Gasteiger partial charge < -0.3 is 9.64 Å². The fourth-order valence-corrected chi connectivity index (χ4v) is 7.30. The van der Waals surface area contributed by atoms with Crippen LogP contribution in [0.3, 0.4) is 0 Å². The lowest BCUT2D eigenvalue weighted by Gasteiger charge is -2.20. The molecular weight excluding hydrogens is 656 g/mol. The van der Waals surface area contributed by atoms with E-state index >= 15 is 0 Å². The topological polar surface area (TPSA) is 125 Å². The molecule has 1 aromatic heterocycles. The number of thiazole rings is 1. The molecule has 0 saturated heterocycles. The molecule has 0 bridgehead atoms. The molecule has 0 spiro atoms. The van der Waals surface area contributed by atoms with Crippen molar-refractivity contribution in [3.05, 3.63) is 94.3 Å². The maximum Gasteiger partial charge on any atom is 0.267 e. The molecule has 0 radical (unpaired) electrons. The van der Waals surface area contributed by atoms with Gasteiger partial charge in [0, 0.05) is 36.2 Å². The third kappa shape index (κ3) is 8.13. The SMILES string of the molecule is CCC(/C=C1\Oc2ccc(-c3ccccc3)cc2N1CCC(C)S(=O)(=O)O)=C\c1sc2ccc(Cl)cc2[n+]1CCCS(=O)(=O)O. The van der Waals surface area contributed by atoms with Gasteiger partial charge in [-0.3, -0.25) is 9.11 Å². The Kier molecular flexibility index (Phi) is 10.0. The van der Waals surface area contributed by atoms with E-state index in [1.54, 1.807) is 6.07 Å². The van der Waals surface area contributed by atoms with E-state index in [4.69, 9.17) is 16.3 Å². The standard InChI is InChI=1S/C32H33ClN2O7S3/c1-3-23(19-32-35(15-7-17-44(36,37)38)28-21-26(33)11-13-30(28)43-32)18-31-34(16-14-22(2)45(39,40)41)27-20-25(10-12-29(27)42-31)24-8-5-4-6-9-24/h4-6,8-13,18-22H,3,7,14-17H2,1-2H3,(H-,36,37,38,39,40,41)/p+1. The first kappa shape index (κ1) is 33.1. The van der Waals surface area contributed by atoms with Crippen molar-refractivity contribution in [2.24, 2.45) is 0 Å². The predicted octanol–water partition coefficient (Wildman–Crippen LogP) is 6.99. The monoisotopic (exact) mass is 689 g/mol. The number of benzene rings is 3. The van der Waals surface area contributed by atoms with Crippen molar-refractivity contribution in [3.8, 4) is 16.9 Å². The molecule has 4 aromatic rings. The summed E-state index contributed by atoms with van der Waals surface area (Å²) in [6, 6.07) is 21.3. The number of halogens is 1. The van der Waals surface area contributed by atoms with E-state index in [-0.39, 0.29) is 25.1 Å². The van der Waals surface area contributed by atoms with E-state index in [9.17, 15) is 25.9 Å². The van der Waals surface area contributed by atoms with Gasteiger partial charge in [0.1, 0.15) is 4.70 Å². The van der Waals surface area contributed by atoms with E-state index in [0.29, 0.717) is 29.6 Å². The van der Waals surface area contributed by atoms with Crippen LogP contribution < -0.4 is 14.2 Å². The Balaban J connectivity index is 1.54. The number of ether oxygens (including phenoxy) is 1. The van der Waals surface area contributed by atoms with Crippen LogP contribution in [0.2, 0.25) is 5.02 Å². The minimum absolute atomic E-state index is 0.171. The number of nitrogens with zero attached hydrogens (tertiary/aromatic N) is 2. The van der Waals surface area contributed by atoms with E-state index in [2.05, 4.69) is 0 Å². The molecule has 5 rings (SSSR count). The van der Waals surface area contributed by atoms with Crippen LogP contribution in [0.5, 0.6) is 5.75 Å². The zero-order chi connectivity index (χ0) is 32.4. The lowest BCUT2D eigenvalue weighted by Crippen LogP contribution is -2.36. The first-order valence-corrected chi connectivity index (χ1v) is 18.7. The van der Waals surface area contributed by atoms with Crippen LogP contribution in [0.1, 0.15) is 38.1 Å². The molecular formula is C32H34ClN2O7S3+. The Bertz CT molecular complexity index is 1990. The van der Waals surface area contributed by atoms with E-state index in [1.807, 2.05) is 89.2 Å². The predicted molar refractivity (Wildman–Crippen MR) is 180 cm³/mol. The maximum absolute atomic E-state index is 11.8. The zero-order valence-electron chi connectivity index (χ0n) is 24.8. The highest BCUT2D eigenvalue weighted by Crippen LogP contribution is 2.42. The summed E-state index contributed by atoms with van der Waals surface area (Å²) in [7, 11) is -8.31. The molecule has 3 aromatic carbocycles. The number of anilines is 1. The smallest absolute Gasteiger partial charge is 0.267 e. The molecule has 238 valence electrons. The lowest BCUT2D eigenvalue weighted by molar-refractivity contribution is -0.668. The second-order valence-corrected chi connectivity index (χ2v) is 15.7. The van der Waals surface area contributed by atoms with Gasteiger partial charge in [-0.25, -0.2) is 0 Å². The van der Waals surface area contributed by atoms with Crippen LogP contribution >= 0.6 is 22.9 Å². The van der Waals surface area contributed by atoms with Crippen molar-refractivity contribution < 1.29 is 35.2 Å². The normalized spacial score (nSPS) is 15.4. The van der Waals surface area contributed by atoms with Gasteiger partial charge in [-0.05, 0) is 60.7 Å². The second kappa shape index (κ2) is 13.6. The van der Waals surface area contributed by atoms with Crippen LogP contribution in [0.4, 0.5) is 5.69 Å². The number of rotatable bonds is 12. The van der Waals surface area contributed by atoms with Crippen molar-refractivity contribution in [1.82, 2.24) is 0 Å². The molecule has 13 heteroatoms. The summed E-state index contributed by atoms with van der Waals surface area (Å²) in [5.74, 6) is 0.792. The molecule has 1 atom stereocenters. The summed E-state index contributed by atoms with van der Waals surface area (Å²) in [5.41, 5.74) is 4.57. The molecule has 1 aliphatic heterocycles. The Hall–Kier alpha value is -3.26. The molecule has 0 fully saturated rings. The quantitative estimate of drug-likeness (QED) is 0.121. The van der Waals surface area contributed by atoms with Crippen LogP contribution in [0, 0.1) is 0 Å². The van der Waals surface area contributed by atoms with Gasteiger partial charge in [0.2, 0.25) is 11.4 Å². The summed E-state index contributed by atoms with van der Waals surface area (Å²) in [6.07, 6.45) is 4.95. The summed E-state index contributed by atoms with van der Waals surface area (Å²) in [5, 5.41) is 0.456. The zero-order valence-corrected chi connectivity index (χ0v) is 28.0. The summed E-state index contributed by atoms with van der Waals surface area (Å²) >= 11 is 7.83. The summed E-state index contributed by atoms with van der Waals surface area (Å²) in [4.78, 5) is 1.93. The molecule has 1 aliphatic rings. The number of hydrogen-bond donors (Lipinski definition) is 2. The molecule has 45 heavy (non-hydrogen) atoms. The summed E-state index contributed by atoms with van der Waals surface area (Å²) in [6.45, 7) is 4.12. The van der Waals surface area contributed by atoms with Crippen LogP contribution in [0.25, 0.3) is 27.4 Å². The highest BCUT2D eigenvalue weighted by molar-refractivity contribution is 7.86. The van der Waals surface area contributed by atoms with Gasteiger partial charge in [-0.1, -0.05) is 66.3 Å². The van der Waals surface area contributed by atoms with E-state index in [0.717, 1.165) is 37.6 Å². The number of fused-ring (bicyclic) bond motifs is 2. The van der Waals surface area contributed by atoms with E-state index < -0.39 is 25.5 Å². The fraction of sp³-hybridized carbons (Fsp3) is 0.281. The first-order valence-electron chi connectivity index (χ1n) is 14.4. The Morgan fingerprint density at radius 1 is 1.04 bits per heavy atom. The van der Waals surface area contributed by atoms with Gasteiger partial charge in [-0.2, -0.15) is 21.4 Å². The third-order valence-corrected chi connectivity index (χ3v) is 11.0. The molecule has 2 heterocycles. The maximum atomic E-state index is 11.8. The molecule has 1 unspecified atom stereocenters. The van der Waals surface area contributed by atoms with Gasteiger partial charge >= 0.3 is 0 Å². The second-order valence-electron chi connectivity index (χ2n) is 10.8. The van der Waals surface area contributed by atoms with Crippen molar-refractivity contribution in [2.45, 2.75) is 44.9 Å². The van der Waals surface area contributed by atoms with Crippen molar-refractivity contribution in [1.29, 1.82) is 0 Å². The van der Waals surface area contributed by atoms with Crippen molar-refractivity contribution in [3.63, 3.8) is 0 Å². The minimum Gasteiger partial charge on any atom is -0.439 e. The Morgan fingerprint density at radius 2 is 1.80 bits per heavy atom. The van der Waals surface area contributed by atoms with Gasteiger partial charge in [-0.15, -0.1) is 0 Å². The number of allylic oxidation sites excluding steroid dienone is 2. The summed E-state index contributed by atoms with van der Waals surface area (Å²) < 4.78 is 74.6. The molecule has 0 saturated carbocycles. The number of aromatic nitrogens is 1. The van der Waals surface area contributed by atoms with Gasteiger partial charge in [0.25, 0.3) is 25.2 Å². The fourth-order valence-electron chi connectivity index (χ4n) is 5.09.